The smallest absolute Gasteiger partial charge is 0.326 e. The zero-order chi connectivity index (χ0) is 29.9. The fourth-order valence-corrected chi connectivity index (χ4v) is 3.36. The molecule has 0 amide bonds. The monoisotopic (exact) mass is 549 g/mol. The zero-order valence-corrected chi connectivity index (χ0v) is 24.9. The number of rotatable bonds is 16. The van der Waals surface area contributed by atoms with E-state index in [0.717, 1.165) is 19.3 Å². The summed E-state index contributed by atoms with van der Waals surface area (Å²) >= 11 is 0. The summed E-state index contributed by atoms with van der Waals surface area (Å²) < 4.78 is 21.6. The van der Waals surface area contributed by atoms with Gasteiger partial charge in [-0.15, -0.1) is 0 Å². The van der Waals surface area contributed by atoms with E-state index in [1.54, 1.807) is 33.8 Å². The van der Waals surface area contributed by atoms with Crippen LogP contribution in [0, 0.1) is 10.8 Å². The number of carbonyl (C=O) groups is 4. The number of methoxy groups -OCH3 is 1. The zero-order valence-electron chi connectivity index (χ0n) is 24.9. The van der Waals surface area contributed by atoms with E-state index in [4.69, 9.17) is 24.7 Å². The van der Waals surface area contributed by atoms with Crippen molar-refractivity contribution >= 4 is 23.9 Å². The van der Waals surface area contributed by atoms with Gasteiger partial charge in [0.15, 0.2) is 11.5 Å². The van der Waals surface area contributed by atoms with Crippen molar-refractivity contribution in [3.8, 4) is 11.5 Å². The van der Waals surface area contributed by atoms with Gasteiger partial charge in [0.25, 0.3) is 0 Å². The number of unbranched alkanes of at least 4 members (excludes halogenated alkanes) is 2. The summed E-state index contributed by atoms with van der Waals surface area (Å²) in [7, 11) is 1.23. The molecule has 0 saturated carbocycles. The number of esters is 4. The maximum Gasteiger partial charge on any atom is 0.326 e. The molecule has 39 heavy (non-hydrogen) atoms. The molecule has 0 aliphatic rings. The van der Waals surface area contributed by atoms with Crippen molar-refractivity contribution in [3.05, 3.63) is 23.8 Å². The van der Waals surface area contributed by atoms with Crippen molar-refractivity contribution in [3.63, 3.8) is 0 Å². The van der Waals surface area contributed by atoms with Crippen molar-refractivity contribution in [1.29, 1.82) is 0 Å². The van der Waals surface area contributed by atoms with Crippen LogP contribution in [0.2, 0.25) is 0 Å². The Bertz CT molecular complexity index is 1000. The summed E-state index contributed by atoms with van der Waals surface area (Å²) in [6, 6.07) is 4.70. The molecule has 0 aromatic heterocycles. The molecule has 1 aromatic carbocycles. The van der Waals surface area contributed by atoms with Gasteiger partial charge < -0.3 is 24.7 Å². The fraction of sp³-hybridized carbons (Fsp3) is 0.667. The van der Waals surface area contributed by atoms with Gasteiger partial charge in [0.05, 0.1) is 24.5 Å². The molecule has 1 rings (SSSR count). The molecule has 0 aliphatic heterocycles. The van der Waals surface area contributed by atoms with Crippen LogP contribution in [-0.2, 0) is 35.1 Å². The standard InChI is InChI=1S/C30H47NO8/c1-9-12-13-14-24(32)37-18-17-30(31,27(35)36-8)20-21-15-16-22(38-25(33)28(4,5)10-2)23(19-21)39-26(34)29(6,7)11-3/h15-16,19H,9-14,17-18,20,31H2,1-8H3/t30-/m1/s1. The van der Waals surface area contributed by atoms with Crippen LogP contribution in [0.15, 0.2) is 18.2 Å². The molecular formula is C30H47NO8. The molecule has 2 N–H and O–H groups in total. The van der Waals surface area contributed by atoms with Crippen molar-refractivity contribution in [2.75, 3.05) is 13.7 Å². The molecule has 1 atom stereocenters. The molecule has 220 valence electrons. The van der Waals surface area contributed by atoms with Gasteiger partial charge >= 0.3 is 23.9 Å². The molecule has 0 bridgehead atoms. The molecule has 0 heterocycles. The largest absolute Gasteiger partial charge is 0.468 e. The maximum atomic E-state index is 12.9. The third-order valence-corrected chi connectivity index (χ3v) is 7.19. The first-order chi connectivity index (χ1) is 18.2. The first-order valence-electron chi connectivity index (χ1n) is 13.8. The average molecular weight is 550 g/mol. The van der Waals surface area contributed by atoms with E-state index in [0.29, 0.717) is 24.8 Å². The predicted octanol–water partition coefficient (Wildman–Crippen LogP) is 5.30. The van der Waals surface area contributed by atoms with Crippen LogP contribution in [0.3, 0.4) is 0 Å². The fourth-order valence-electron chi connectivity index (χ4n) is 3.36. The molecule has 9 nitrogen and oxygen atoms in total. The van der Waals surface area contributed by atoms with Crippen molar-refractivity contribution in [2.24, 2.45) is 16.6 Å². The Morgan fingerprint density at radius 2 is 1.38 bits per heavy atom. The minimum absolute atomic E-state index is 0.00343. The van der Waals surface area contributed by atoms with Gasteiger partial charge in [-0.2, -0.15) is 0 Å². The van der Waals surface area contributed by atoms with Gasteiger partial charge in [0, 0.05) is 19.3 Å². The summed E-state index contributed by atoms with van der Waals surface area (Å²) in [4.78, 5) is 50.3. The van der Waals surface area contributed by atoms with Gasteiger partial charge in [-0.3, -0.25) is 19.2 Å². The number of nitrogens with two attached hydrogens (primary N) is 1. The summed E-state index contributed by atoms with van der Waals surface area (Å²) in [6.07, 6.45) is 4.09. The van der Waals surface area contributed by atoms with Gasteiger partial charge in [-0.25, -0.2) is 0 Å². The molecule has 0 radical (unpaired) electrons. The lowest BCUT2D eigenvalue weighted by Crippen LogP contribution is -2.51. The SMILES string of the molecule is CCCCCC(=O)OCC[C@@](N)(Cc1ccc(OC(=O)C(C)(C)CC)c(OC(=O)C(C)(C)CC)c1)C(=O)OC. The number of benzene rings is 1. The van der Waals surface area contributed by atoms with Gasteiger partial charge in [-0.1, -0.05) is 39.7 Å². The Morgan fingerprint density at radius 1 is 0.821 bits per heavy atom. The molecule has 0 unspecified atom stereocenters. The van der Waals surface area contributed by atoms with E-state index in [1.807, 2.05) is 20.8 Å². The summed E-state index contributed by atoms with van der Waals surface area (Å²) in [5, 5.41) is 0. The minimum Gasteiger partial charge on any atom is -0.468 e. The Morgan fingerprint density at radius 3 is 1.90 bits per heavy atom. The number of carbonyl (C=O) groups excluding carboxylic acids is 4. The third kappa shape index (κ3) is 10.3. The van der Waals surface area contributed by atoms with Gasteiger partial charge in [-0.05, 0) is 64.7 Å². The predicted molar refractivity (Wildman–Crippen MR) is 148 cm³/mol. The highest BCUT2D eigenvalue weighted by molar-refractivity contribution is 5.82. The molecule has 9 heteroatoms. The quantitative estimate of drug-likeness (QED) is 0.166. The van der Waals surface area contributed by atoms with Crippen LogP contribution in [0.4, 0.5) is 0 Å². The lowest BCUT2D eigenvalue weighted by molar-refractivity contribution is -0.151. The van der Waals surface area contributed by atoms with Crippen molar-refractivity contribution in [2.45, 2.75) is 105 Å². The first-order valence-corrected chi connectivity index (χ1v) is 13.8. The second kappa shape index (κ2) is 15.0. The van der Waals surface area contributed by atoms with E-state index < -0.39 is 34.3 Å². The first kappa shape index (κ1) is 34.1. The van der Waals surface area contributed by atoms with E-state index in [1.165, 1.54) is 19.2 Å². The van der Waals surface area contributed by atoms with Crippen LogP contribution >= 0.6 is 0 Å². The van der Waals surface area contributed by atoms with Gasteiger partial charge in [0.2, 0.25) is 0 Å². The molecule has 0 spiro atoms. The van der Waals surface area contributed by atoms with E-state index in [2.05, 4.69) is 0 Å². The Balaban J connectivity index is 3.25. The number of hydrogen-bond acceptors (Lipinski definition) is 9. The Kier molecular flexibility index (Phi) is 13.1. The lowest BCUT2D eigenvalue weighted by Gasteiger charge is -2.27. The average Bonchev–Trinajstić information content (AvgIpc) is 2.89. The normalized spacial score (nSPS) is 13.3. The van der Waals surface area contributed by atoms with Gasteiger partial charge in [0.1, 0.15) is 5.54 Å². The van der Waals surface area contributed by atoms with Crippen molar-refractivity contribution < 1.29 is 38.1 Å². The summed E-state index contributed by atoms with van der Waals surface area (Å²) in [5.41, 5.74) is 3.99. The lowest BCUT2D eigenvalue weighted by atomic mass is 9.88. The van der Waals surface area contributed by atoms with Crippen LogP contribution in [0.5, 0.6) is 11.5 Å². The maximum absolute atomic E-state index is 12.9. The number of hydrogen-bond donors (Lipinski definition) is 1. The van der Waals surface area contributed by atoms with Crippen molar-refractivity contribution in [1.82, 2.24) is 0 Å². The highest BCUT2D eigenvalue weighted by atomic mass is 16.6. The minimum atomic E-state index is -1.51. The topological polar surface area (TPSA) is 131 Å². The molecule has 0 aliphatic carbocycles. The van der Waals surface area contributed by atoms with Crippen LogP contribution in [0.1, 0.15) is 99.0 Å². The number of ether oxygens (including phenoxy) is 4. The molecule has 1 aromatic rings. The molecule has 0 saturated heterocycles. The second-order valence-corrected chi connectivity index (χ2v) is 11.3. The third-order valence-electron chi connectivity index (χ3n) is 7.19. The molecule has 0 fully saturated rings. The highest BCUT2D eigenvalue weighted by Gasteiger charge is 2.37. The van der Waals surface area contributed by atoms with Crippen LogP contribution in [0.25, 0.3) is 0 Å². The Hall–Kier alpha value is -2.94. The van der Waals surface area contributed by atoms with E-state index in [9.17, 15) is 19.2 Å². The van der Waals surface area contributed by atoms with E-state index in [-0.39, 0.29) is 36.9 Å². The van der Waals surface area contributed by atoms with Crippen LogP contribution in [-0.4, -0.2) is 43.1 Å². The Labute approximate surface area is 233 Å². The molecular weight excluding hydrogens is 502 g/mol. The second-order valence-electron chi connectivity index (χ2n) is 11.3. The van der Waals surface area contributed by atoms with Crippen LogP contribution < -0.4 is 15.2 Å². The van der Waals surface area contributed by atoms with E-state index >= 15 is 0 Å². The highest BCUT2D eigenvalue weighted by Crippen LogP contribution is 2.35. The summed E-state index contributed by atoms with van der Waals surface area (Å²) in [5.74, 6) is -1.83. The summed E-state index contributed by atoms with van der Waals surface area (Å²) in [6.45, 7) is 12.8.